The van der Waals surface area contributed by atoms with E-state index in [4.69, 9.17) is 28.0 Å². The van der Waals surface area contributed by atoms with E-state index in [1.807, 2.05) is 0 Å². The van der Waals surface area contributed by atoms with E-state index in [-0.39, 0.29) is 24.9 Å². The molecule has 0 aromatic carbocycles. The SMILES string of the molecule is CC(C)OC(=O)OCOP(NC(C)C(=O)OC(C)C)OCC1CCC(n2ccc(=O)[nH]c2=O)O1.CF. The molecule has 0 bridgehead atoms. The van der Waals surface area contributed by atoms with E-state index in [0.29, 0.717) is 20.0 Å². The van der Waals surface area contributed by atoms with Crippen LogP contribution >= 0.6 is 8.53 Å². The first-order valence-corrected chi connectivity index (χ1v) is 12.4. The molecule has 0 radical (unpaired) electrons. The van der Waals surface area contributed by atoms with E-state index in [0.717, 1.165) is 0 Å². The Kier molecular flexibility index (Phi) is 14.4. The summed E-state index contributed by atoms with van der Waals surface area (Å²) >= 11 is 0. The second-order valence-corrected chi connectivity index (χ2v) is 9.29. The summed E-state index contributed by atoms with van der Waals surface area (Å²) in [4.78, 5) is 49.1. The van der Waals surface area contributed by atoms with Crippen LogP contribution in [0.5, 0.6) is 0 Å². The number of hydrogen-bond donors (Lipinski definition) is 2. The van der Waals surface area contributed by atoms with Gasteiger partial charge < -0.3 is 23.5 Å². The van der Waals surface area contributed by atoms with Crippen molar-refractivity contribution in [3.05, 3.63) is 33.1 Å². The molecule has 1 aromatic heterocycles. The Morgan fingerprint density at radius 1 is 1.14 bits per heavy atom. The average Bonchev–Trinajstić information content (AvgIpc) is 3.26. The normalized spacial score (nSPS) is 18.8. The van der Waals surface area contributed by atoms with Crippen molar-refractivity contribution in [2.45, 2.75) is 78.0 Å². The van der Waals surface area contributed by atoms with Crippen LogP contribution in [0.2, 0.25) is 0 Å². The Labute approximate surface area is 209 Å². The fraction of sp³-hybridized carbons (Fsp3) is 0.714. The molecular weight excluding hydrogens is 504 g/mol. The van der Waals surface area contributed by atoms with Crippen molar-refractivity contribution < 1.29 is 42.0 Å². The average molecular weight is 539 g/mol. The van der Waals surface area contributed by atoms with Crippen molar-refractivity contribution in [2.24, 2.45) is 0 Å². The van der Waals surface area contributed by atoms with Gasteiger partial charge in [-0.05, 0) is 47.5 Å². The molecule has 1 aromatic rings. The lowest BCUT2D eigenvalue weighted by Crippen LogP contribution is -2.35. The Bertz CT molecular complexity index is 926. The van der Waals surface area contributed by atoms with E-state index in [1.54, 1.807) is 34.6 Å². The lowest BCUT2D eigenvalue weighted by Gasteiger charge is -2.23. The van der Waals surface area contributed by atoms with Gasteiger partial charge >= 0.3 is 17.8 Å². The minimum absolute atomic E-state index is 0.0791. The number of carbonyl (C=O) groups is 2. The van der Waals surface area contributed by atoms with Crippen LogP contribution in [0.3, 0.4) is 0 Å². The van der Waals surface area contributed by atoms with Gasteiger partial charge in [0.05, 0.1) is 32.1 Å². The van der Waals surface area contributed by atoms with Gasteiger partial charge in [-0.2, -0.15) is 0 Å². The lowest BCUT2D eigenvalue weighted by molar-refractivity contribution is -0.149. The number of carbonyl (C=O) groups excluding carboxylic acids is 2. The highest BCUT2D eigenvalue weighted by Crippen LogP contribution is 2.37. The van der Waals surface area contributed by atoms with Crippen LogP contribution < -0.4 is 16.3 Å². The molecule has 0 spiro atoms. The number of rotatable bonds is 12. The molecule has 1 aliphatic rings. The highest BCUT2D eigenvalue weighted by Gasteiger charge is 2.30. The first kappa shape index (κ1) is 31.6. The lowest BCUT2D eigenvalue weighted by atomic mass is 10.2. The number of halogens is 1. The van der Waals surface area contributed by atoms with Crippen LogP contribution in [0.4, 0.5) is 9.18 Å². The Balaban J connectivity index is 0.00000316. The second-order valence-electron chi connectivity index (χ2n) is 8.00. The zero-order chi connectivity index (χ0) is 27.3. The van der Waals surface area contributed by atoms with Crippen molar-refractivity contribution in [1.29, 1.82) is 0 Å². The fourth-order valence-corrected chi connectivity index (χ4v) is 3.92. The van der Waals surface area contributed by atoms with E-state index in [9.17, 15) is 23.6 Å². The molecule has 4 atom stereocenters. The van der Waals surface area contributed by atoms with Gasteiger partial charge in [-0.15, -0.1) is 0 Å². The maximum atomic E-state index is 12.1. The summed E-state index contributed by atoms with van der Waals surface area (Å²) in [5.74, 6) is -0.496. The molecule has 0 saturated carbocycles. The summed E-state index contributed by atoms with van der Waals surface area (Å²) in [5.41, 5.74) is -1.05. The Morgan fingerprint density at radius 3 is 2.42 bits per heavy atom. The molecule has 15 heteroatoms. The third-order valence-electron chi connectivity index (χ3n) is 4.31. The maximum Gasteiger partial charge on any atom is 0.510 e. The summed E-state index contributed by atoms with van der Waals surface area (Å²) in [7, 11) is -1.38. The van der Waals surface area contributed by atoms with Gasteiger partial charge in [0, 0.05) is 12.3 Å². The third-order valence-corrected chi connectivity index (χ3v) is 5.63. The van der Waals surface area contributed by atoms with Crippen molar-refractivity contribution in [2.75, 3.05) is 20.6 Å². The third kappa shape index (κ3) is 11.6. The zero-order valence-corrected chi connectivity index (χ0v) is 22.1. The van der Waals surface area contributed by atoms with Gasteiger partial charge in [-0.1, -0.05) is 0 Å². The topological polar surface area (TPSA) is 156 Å². The number of hydrogen-bond acceptors (Lipinski definition) is 11. The van der Waals surface area contributed by atoms with Crippen LogP contribution in [0.25, 0.3) is 0 Å². The van der Waals surface area contributed by atoms with E-state index >= 15 is 0 Å². The van der Waals surface area contributed by atoms with Crippen LogP contribution in [-0.4, -0.2) is 66.6 Å². The molecule has 1 fully saturated rings. The summed E-state index contributed by atoms with van der Waals surface area (Å²) in [6.07, 6.45) is 0.0365. The smallest absolute Gasteiger partial charge is 0.462 e. The predicted molar refractivity (Wildman–Crippen MR) is 127 cm³/mol. The van der Waals surface area contributed by atoms with Crippen molar-refractivity contribution in [3.8, 4) is 0 Å². The van der Waals surface area contributed by atoms with Gasteiger partial charge in [-0.25, -0.2) is 14.7 Å². The minimum atomic E-state index is -1.88. The minimum Gasteiger partial charge on any atom is -0.462 e. The van der Waals surface area contributed by atoms with Gasteiger partial charge in [0.15, 0.2) is 0 Å². The summed E-state index contributed by atoms with van der Waals surface area (Å²) in [6.45, 7) is 8.03. The number of H-pyrrole nitrogens is 1. The number of nitrogens with one attached hydrogen (secondary N) is 2. The molecule has 13 nitrogen and oxygen atoms in total. The van der Waals surface area contributed by atoms with Gasteiger partial charge in [0.1, 0.15) is 12.3 Å². The summed E-state index contributed by atoms with van der Waals surface area (Å²) in [6, 6.07) is 0.487. The molecule has 1 aliphatic heterocycles. The molecule has 0 amide bonds. The number of aromatic amines is 1. The van der Waals surface area contributed by atoms with E-state index in [2.05, 4.69) is 10.1 Å². The highest BCUT2D eigenvalue weighted by atomic mass is 31.2. The van der Waals surface area contributed by atoms with Crippen LogP contribution in [0.1, 0.15) is 53.7 Å². The standard InChI is InChI=1S/C20H32N3O10P.CH3F/c1-12(2)31-18(25)14(5)22-34(30-11-28-20(27)32-13(3)4)29-10-15-6-7-17(33-15)23-9-8-16(24)21-19(23)26;1-2/h8-9,12-15,17,22H,6-7,10-11H2,1-5H3,(H,21,24,26);1H3. The monoisotopic (exact) mass is 539 g/mol. The van der Waals surface area contributed by atoms with Gasteiger partial charge in [0.2, 0.25) is 6.79 Å². The first-order valence-electron chi connectivity index (χ1n) is 11.3. The molecule has 2 N–H and O–H groups in total. The van der Waals surface area contributed by atoms with Gasteiger partial charge in [0.25, 0.3) is 14.1 Å². The number of ether oxygens (including phenoxy) is 4. The van der Waals surface area contributed by atoms with Crippen LogP contribution in [0.15, 0.2) is 21.9 Å². The van der Waals surface area contributed by atoms with Crippen molar-refractivity contribution in [1.82, 2.24) is 14.6 Å². The number of alkyl halides is 1. The predicted octanol–water partition coefficient (Wildman–Crippen LogP) is 2.51. The van der Waals surface area contributed by atoms with Crippen molar-refractivity contribution in [3.63, 3.8) is 0 Å². The molecule has 2 rings (SSSR count). The largest absolute Gasteiger partial charge is 0.510 e. The second kappa shape index (κ2) is 16.4. The molecular formula is C21H35FN3O10P. The highest BCUT2D eigenvalue weighted by molar-refractivity contribution is 7.45. The Morgan fingerprint density at radius 2 is 1.81 bits per heavy atom. The van der Waals surface area contributed by atoms with E-state index < -0.39 is 51.0 Å². The molecule has 1 saturated heterocycles. The quantitative estimate of drug-likeness (QED) is 0.229. The zero-order valence-electron chi connectivity index (χ0n) is 21.2. The summed E-state index contributed by atoms with van der Waals surface area (Å²) in [5, 5.41) is 2.88. The van der Waals surface area contributed by atoms with Crippen LogP contribution in [-0.2, 0) is 32.8 Å². The molecule has 4 unspecified atom stereocenters. The van der Waals surface area contributed by atoms with Crippen molar-refractivity contribution >= 4 is 20.7 Å². The van der Waals surface area contributed by atoms with E-state index in [1.165, 1.54) is 16.8 Å². The molecule has 36 heavy (non-hydrogen) atoms. The Hall–Kier alpha value is -2.38. The number of esters is 1. The van der Waals surface area contributed by atoms with Gasteiger partial charge in [-0.3, -0.25) is 28.1 Å². The molecule has 0 aliphatic carbocycles. The van der Waals surface area contributed by atoms with Crippen LogP contribution in [0, 0.1) is 0 Å². The molecule has 2 heterocycles. The summed E-state index contributed by atoms with van der Waals surface area (Å²) < 4.78 is 42.8. The number of aromatic nitrogens is 2. The molecule has 206 valence electrons. The number of nitrogens with zero attached hydrogens (tertiary/aromatic N) is 1. The first-order chi connectivity index (χ1) is 17.0. The maximum absolute atomic E-state index is 12.1. The fourth-order valence-electron chi connectivity index (χ4n) is 2.82.